The van der Waals surface area contributed by atoms with Gasteiger partial charge in [0.15, 0.2) is 0 Å². The van der Waals surface area contributed by atoms with E-state index in [-0.39, 0.29) is 0 Å². The summed E-state index contributed by atoms with van der Waals surface area (Å²) in [7, 11) is 0. The number of benzene rings is 18. The molecule has 0 unspecified atom stereocenters. The Kier molecular flexibility index (Phi) is 15.5. The summed E-state index contributed by atoms with van der Waals surface area (Å²) in [5.74, 6) is 1.31. The first kappa shape index (κ1) is 66.2. The van der Waals surface area contributed by atoms with Crippen LogP contribution in [0.15, 0.2) is 413 Å². The van der Waals surface area contributed by atoms with Crippen molar-refractivity contribution in [2.45, 2.75) is 0 Å². The van der Waals surface area contributed by atoms with Crippen molar-refractivity contribution in [1.29, 1.82) is 0 Å². The highest BCUT2D eigenvalue weighted by atomic mass is 15.2. The molecule has 0 saturated carbocycles. The first-order valence-electron chi connectivity index (χ1n) is 39.5. The Balaban J connectivity index is 0.000000137. The summed E-state index contributed by atoms with van der Waals surface area (Å²) in [6.45, 7) is 0. The molecule has 0 aliphatic rings. The van der Waals surface area contributed by atoms with Gasteiger partial charge in [0.2, 0.25) is 11.9 Å². The van der Waals surface area contributed by atoms with Gasteiger partial charge in [-0.25, -0.2) is 19.9 Å². The first-order chi connectivity index (χ1) is 57.5. The summed E-state index contributed by atoms with van der Waals surface area (Å²) in [5, 5.41) is 16.6. The SMILES string of the molecule is c1ccc(-c2ccc(-c3nc(-n4c5ccccc5c5c6cc(-c7ccc8c9ccccc9n(-c9ccccc9)c8c7)ccc6ccc54)nc4ccccc34)cc2)cc1.c1ccc(-c2cccc(-c3nc(-n4c5ccccc5c5c6cc(-c7ccc8c9ccccc9n(-c9ccccc9)c8c7)ccc6ccc54)nc4ccccc34)c2)cc1. The van der Waals surface area contributed by atoms with Crippen molar-refractivity contribution in [2.75, 3.05) is 0 Å². The molecule has 0 aliphatic carbocycles. The van der Waals surface area contributed by atoms with Crippen LogP contribution in [0.25, 0.3) is 221 Å². The van der Waals surface area contributed by atoms with Crippen LogP contribution in [-0.4, -0.2) is 38.2 Å². The molecule has 0 aliphatic heterocycles. The molecule has 0 spiro atoms. The smallest absolute Gasteiger partial charge is 0.235 e. The van der Waals surface area contributed by atoms with Crippen molar-refractivity contribution in [2.24, 2.45) is 0 Å². The van der Waals surface area contributed by atoms with Gasteiger partial charge in [-0.3, -0.25) is 9.13 Å². The molecule has 6 aromatic heterocycles. The molecule has 8 nitrogen and oxygen atoms in total. The van der Waals surface area contributed by atoms with Gasteiger partial charge in [0.25, 0.3) is 0 Å². The predicted octanol–water partition coefficient (Wildman–Crippen LogP) is 28.0. The minimum Gasteiger partial charge on any atom is -0.309 e. The maximum Gasteiger partial charge on any atom is 0.235 e. The molecule has 0 radical (unpaired) electrons. The van der Waals surface area contributed by atoms with Crippen molar-refractivity contribution in [3.8, 4) is 90.3 Å². The average molecular weight is 1480 g/mol. The number of para-hydroxylation sites is 8. The van der Waals surface area contributed by atoms with Crippen LogP contribution in [0.5, 0.6) is 0 Å². The quantitative estimate of drug-likeness (QED) is 0.137. The molecule has 116 heavy (non-hydrogen) atoms. The van der Waals surface area contributed by atoms with Gasteiger partial charge in [0.05, 0.1) is 66.6 Å². The summed E-state index contributed by atoms with van der Waals surface area (Å²) in [5.41, 5.74) is 26.6. The summed E-state index contributed by atoms with van der Waals surface area (Å²) < 4.78 is 9.26. The van der Waals surface area contributed by atoms with Crippen molar-refractivity contribution < 1.29 is 0 Å². The van der Waals surface area contributed by atoms with E-state index in [0.717, 1.165) is 83.3 Å². The second kappa shape index (κ2) is 27.1. The topological polar surface area (TPSA) is 71.3 Å². The van der Waals surface area contributed by atoms with Crippen LogP contribution in [0.2, 0.25) is 0 Å². The van der Waals surface area contributed by atoms with Gasteiger partial charge >= 0.3 is 0 Å². The second-order valence-electron chi connectivity index (χ2n) is 30.0. The zero-order chi connectivity index (χ0) is 76.3. The summed E-state index contributed by atoms with van der Waals surface area (Å²) >= 11 is 0. The lowest BCUT2D eigenvalue weighted by atomic mass is 9.97. The molecule has 540 valence electrons. The van der Waals surface area contributed by atoms with Crippen LogP contribution in [0.4, 0.5) is 0 Å². The highest BCUT2D eigenvalue weighted by Crippen LogP contribution is 2.45. The third-order valence-electron chi connectivity index (χ3n) is 23.4. The van der Waals surface area contributed by atoms with Crippen molar-refractivity contribution in [1.82, 2.24) is 38.2 Å². The average Bonchev–Trinajstić information content (AvgIpc) is 1.56. The molecule has 0 atom stereocenters. The molecule has 0 amide bonds. The monoisotopic (exact) mass is 1480 g/mol. The Hall–Kier alpha value is -15.6. The Morgan fingerprint density at radius 2 is 0.466 bits per heavy atom. The molecule has 0 N–H and O–H groups in total. The molecule has 0 bridgehead atoms. The van der Waals surface area contributed by atoms with Crippen molar-refractivity contribution >= 4 is 131 Å². The van der Waals surface area contributed by atoms with Gasteiger partial charge < -0.3 is 9.13 Å². The summed E-state index contributed by atoms with van der Waals surface area (Å²) in [6, 6.07) is 148. The fraction of sp³-hybridized carbons (Fsp3) is 0. The highest BCUT2D eigenvalue weighted by Gasteiger charge is 2.24. The summed E-state index contributed by atoms with van der Waals surface area (Å²) in [6.07, 6.45) is 0. The van der Waals surface area contributed by atoms with E-state index in [1.807, 2.05) is 0 Å². The van der Waals surface area contributed by atoms with Crippen molar-refractivity contribution in [3.05, 3.63) is 413 Å². The predicted molar refractivity (Wildman–Crippen MR) is 484 cm³/mol. The number of nitrogens with zero attached hydrogens (tertiary/aromatic N) is 8. The van der Waals surface area contributed by atoms with E-state index in [0.29, 0.717) is 11.9 Å². The lowest BCUT2D eigenvalue weighted by Gasteiger charge is -2.13. The van der Waals surface area contributed by atoms with Gasteiger partial charge in [0, 0.05) is 76.4 Å². The number of aromatic nitrogens is 8. The minimum absolute atomic E-state index is 0.653. The maximum absolute atomic E-state index is 5.42. The minimum atomic E-state index is 0.653. The van der Waals surface area contributed by atoms with Crippen molar-refractivity contribution in [3.63, 3.8) is 0 Å². The van der Waals surface area contributed by atoms with Crippen LogP contribution in [0.1, 0.15) is 0 Å². The van der Waals surface area contributed by atoms with Crippen LogP contribution >= 0.6 is 0 Å². The van der Waals surface area contributed by atoms with Crippen LogP contribution < -0.4 is 0 Å². The normalized spacial score (nSPS) is 11.8. The fourth-order valence-corrected chi connectivity index (χ4v) is 18.1. The zero-order valence-corrected chi connectivity index (χ0v) is 62.8. The Bertz CT molecular complexity index is 8060. The molecule has 8 heteroatoms. The molecular weight excluding hydrogens is 1410 g/mol. The van der Waals surface area contributed by atoms with Crippen LogP contribution in [-0.2, 0) is 0 Å². The third kappa shape index (κ3) is 10.9. The first-order valence-corrected chi connectivity index (χ1v) is 39.5. The third-order valence-corrected chi connectivity index (χ3v) is 23.4. The zero-order valence-electron chi connectivity index (χ0n) is 62.8. The molecular formula is C108H68N8. The van der Waals surface area contributed by atoms with E-state index in [2.05, 4.69) is 431 Å². The van der Waals surface area contributed by atoms with E-state index in [1.165, 1.54) is 126 Å². The van der Waals surface area contributed by atoms with Gasteiger partial charge in [-0.2, -0.15) is 0 Å². The van der Waals surface area contributed by atoms with E-state index in [4.69, 9.17) is 19.9 Å². The number of fused-ring (bicyclic) bond motifs is 18. The van der Waals surface area contributed by atoms with Gasteiger partial charge in [-0.1, -0.05) is 309 Å². The fourth-order valence-electron chi connectivity index (χ4n) is 18.1. The van der Waals surface area contributed by atoms with Gasteiger partial charge in [-0.05, 0) is 169 Å². The lowest BCUT2D eigenvalue weighted by molar-refractivity contribution is 1.01. The Morgan fingerprint density at radius 1 is 0.155 bits per heavy atom. The molecule has 24 rings (SSSR count). The standard InChI is InChI=1S/2C54H34N4/c1-3-14-35(15-4-1)37-16-13-17-40(32-37)53-44-21-7-10-23-47(44)55-54(56-53)58-49-25-12-9-22-45(49)52-46-33-38(27-26-36(46)29-31-50(52)58)39-28-30-43-42-20-8-11-24-48(42)57(51(43)34-39)41-18-5-2-6-19-41;1-3-13-35(14-4-1)36-23-26-38(27-24-36)53-44-18-7-10-20-47(44)55-54(56-53)58-49-22-12-9-19-45(49)52-46-33-39(28-25-37(46)30-32-50(52)58)40-29-31-43-42-17-8-11-21-48(42)57(51(43)34-40)41-15-5-2-6-16-41/h2*1-34H. The molecule has 6 heterocycles. The molecule has 24 aromatic rings. The van der Waals surface area contributed by atoms with E-state index >= 15 is 0 Å². The molecule has 0 saturated heterocycles. The maximum atomic E-state index is 5.42. The second-order valence-corrected chi connectivity index (χ2v) is 30.0. The Morgan fingerprint density at radius 3 is 0.940 bits per heavy atom. The largest absolute Gasteiger partial charge is 0.309 e. The lowest BCUT2D eigenvalue weighted by Crippen LogP contribution is -2.03. The van der Waals surface area contributed by atoms with E-state index in [1.54, 1.807) is 0 Å². The van der Waals surface area contributed by atoms with E-state index in [9.17, 15) is 0 Å². The van der Waals surface area contributed by atoms with Crippen LogP contribution in [0.3, 0.4) is 0 Å². The van der Waals surface area contributed by atoms with Gasteiger partial charge in [0.1, 0.15) is 0 Å². The van der Waals surface area contributed by atoms with Gasteiger partial charge in [-0.15, -0.1) is 0 Å². The molecule has 0 fully saturated rings. The molecule has 18 aromatic carbocycles. The summed E-state index contributed by atoms with van der Waals surface area (Å²) in [4.78, 5) is 21.3. The van der Waals surface area contributed by atoms with E-state index < -0.39 is 0 Å². The Labute approximate surface area is 667 Å². The number of hydrogen-bond acceptors (Lipinski definition) is 4. The number of rotatable bonds is 10. The highest BCUT2D eigenvalue weighted by molar-refractivity contribution is 6.24. The van der Waals surface area contributed by atoms with Crippen LogP contribution in [0, 0.1) is 0 Å². The number of hydrogen-bond donors (Lipinski definition) is 0.